The van der Waals surface area contributed by atoms with Gasteiger partial charge in [0, 0.05) is 36.5 Å². The zero-order valence-corrected chi connectivity index (χ0v) is 23.7. The van der Waals surface area contributed by atoms with Crippen LogP contribution in [0.2, 0.25) is 0 Å². The smallest absolute Gasteiger partial charge is 0.219 e. The van der Waals surface area contributed by atoms with Crippen LogP contribution in [0, 0.1) is 10.8 Å². The number of imidazole rings is 1. The van der Waals surface area contributed by atoms with E-state index in [1.54, 1.807) is 29.5 Å². The Balaban J connectivity index is 1.36. The zero-order valence-electron chi connectivity index (χ0n) is 23.7. The highest BCUT2D eigenvalue weighted by Gasteiger charge is 2.47. The maximum Gasteiger partial charge on any atom is 0.219 e. The molecule has 2 aliphatic carbocycles. The van der Waals surface area contributed by atoms with E-state index >= 15 is 0 Å². The number of aliphatic hydroxyl groups excluding tert-OH is 1. The quantitative estimate of drug-likeness (QED) is 0.395. The highest BCUT2D eigenvalue weighted by atomic mass is 16.5. The van der Waals surface area contributed by atoms with Crippen molar-refractivity contribution in [3.8, 4) is 11.7 Å². The third-order valence-corrected chi connectivity index (χ3v) is 8.88. The first-order valence-electron chi connectivity index (χ1n) is 14.5. The van der Waals surface area contributed by atoms with Gasteiger partial charge in [0.2, 0.25) is 5.88 Å². The van der Waals surface area contributed by atoms with Crippen molar-refractivity contribution < 1.29 is 14.6 Å². The molecule has 0 radical (unpaired) electrons. The predicted octanol–water partition coefficient (Wildman–Crippen LogP) is 3.66. The maximum absolute atomic E-state index is 13.0. The van der Waals surface area contributed by atoms with Crippen LogP contribution in [0.4, 0.5) is 0 Å². The van der Waals surface area contributed by atoms with E-state index in [9.17, 15) is 9.90 Å². The van der Waals surface area contributed by atoms with Crippen molar-refractivity contribution in [1.82, 2.24) is 39.4 Å². The zero-order chi connectivity index (χ0) is 28.6. The Morgan fingerprint density at radius 2 is 2.07 bits per heavy atom. The number of ketones is 1. The summed E-state index contributed by atoms with van der Waals surface area (Å²) in [5.74, 6) is 0.962. The Labute approximate surface area is 239 Å². The largest absolute Gasteiger partial charge is 0.511 e. The first-order chi connectivity index (χ1) is 19.8. The molecule has 2 N–H and O–H groups in total. The van der Waals surface area contributed by atoms with Crippen LogP contribution >= 0.6 is 0 Å². The standard InChI is InChI=1S/C29H37N9O3/c1-19(22-8-6-13-36(22)2)41-25-15-24(38-17-20(34-35-38)16-37-14-12-31-18-37)32-28(33-25)26(30)21-7-5-11-29(27(21)40)10-4-3-9-23(29)39/h12,14-15,17-19,22,30,40H,3-11,13,16H2,1-2H3/t19-,22-,29+/m0/s1. The lowest BCUT2D eigenvalue weighted by molar-refractivity contribution is -0.131. The van der Waals surface area contributed by atoms with Crippen molar-refractivity contribution in [3.63, 3.8) is 0 Å². The number of likely N-dealkylation sites (N-methyl/N-ethyl adjacent to an activating group) is 1. The predicted molar refractivity (Wildman–Crippen MR) is 150 cm³/mol. The second-order valence-corrected chi connectivity index (χ2v) is 11.6. The Morgan fingerprint density at radius 3 is 2.83 bits per heavy atom. The lowest BCUT2D eigenvalue weighted by Crippen LogP contribution is -2.39. The van der Waals surface area contributed by atoms with Gasteiger partial charge in [-0.25, -0.2) is 14.6 Å². The van der Waals surface area contributed by atoms with Crippen molar-refractivity contribution in [2.45, 2.75) is 83.4 Å². The van der Waals surface area contributed by atoms with Gasteiger partial charge in [0.25, 0.3) is 0 Å². The SMILES string of the molecule is C[C@H](Oc1cc(-n2cc(Cn3ccnc3)nn2)nc(C(=N)C2=C(O)[C@]3(CCCCC3=O)CCC2)n1)[C@@H]1CCCN1C. The number of aliphatic hydroxyl groups is 1. The van der Waals surface area contributed by atoms with Crippen molar-refractivity contribution in [3.05, 3.63) is 53.8 Å². The van der Waals surface area contributed by atoms with E-state index in [0.717, 1.165) is 38.6 Å². The number of rotatable bonds is 8. The molecule has 3 aromatic rings. The van der Waals surface area contributed by atoms with Crippen molar-refractivity contribution >= 4 is 11.5 Å². The molecule has 1 saturated heterocycles. The van der Waals surface area contributed by atoms with Gasteiger partial charge in [-0.05, 0) is 65.5 Å². The molecule has 0 bridgehead atoms. The van der Waals surface area contributed by atoms with Crippen LogP contribution in [0.5, 0.6) is 5.88 Å². The second kappa shape index (κ2) is 11.2. The van der Waals surface area contributed by atoms with Crippen LogP contribution in [-0.4, -0.2) is 81.8 Å². The third kappa shape index (κ3) is 5.28. The topological polar surface area (TPSA) is 148 Å². The first kappa shape index (κ1) is 27.3. The number of carbonyl (C=O) groups excluding carboxylic acids is 1. The van der Waals surface area contributed by atoms with Crippen LogP contribution in [0.3, 0.4) is 0 Å². The van der Waals surface area contributed by atoms with Gasteiger partial charge < -0.3 is 14.4 Å². The molecular weight excluding hydrogens is 522 g/mol. The van der Waals surface area contributed by atoms with Gasteiger partial charge in [0.1, 0.15) is 29.1 Å². The summed E-state index contributed by atoms with van der Waals surface area (Å²) in [5.41, 5.74) is 0.283. The summed E-state index contributed by atoms with van der Waals surface area (Å²) in [5, 5.41) is 29.1. The van der Waals surface area contributed by atoms with Gasteiger partial charge in [0.15, 0.2) is 11.6 Å². The molecule has 12 heteroatoms. The molecule has 6 rings (SSSR count). The monoisotopic (exact) mass is 559 g/mol. The molecule has 0 unspecified atom stereocenters. The Hall–Kier alpha value is -3.93. The number of likely N-dealkylation sites (tertiary alicyclic amines) is 1. The van der Waals surface area contributed by atoms with Crippen LogP contribution in [-0.2, 0) is 11.3 Å². The highest BCUT2D eigenvalue weighted by molar-refractivity contribution is 6.09. The van der Waals surface area contributed by atoms with Crippen LogP contribution in [0.1, 0.15) is 76.2 Å². The molecule has 2 fully saturated rings. The van der Waals surface area contributed by atoms with Gasteiger partial charge in [-0.3, -0.25) is 15.1 Å². The number of hydrogen-bond donors (Lipinski definition) is 2. The third-order valence-electron chi connectivity index (χ3n) is 8.88. The number of carbonyl (C=O) groups is 1. The number of ether oxygens (including phenoxy) is 1. The number of aromatic nitrogens is 7. The van der Waals surface area contributed by atoms with Gasteiger partial charge in [-0.2, -0.15) is 4.98 Å². The summed E-state index contributed by atoms with van der Waals surface area (Å²) in [6.45, 7) is 3.56. The lowest BCUT2D eigenvalue weighted by Gasteiger charge is -2.39. The molecule has 41 heavy (non-hydrogen) atoms. The van der Waals surface area contributed by atoms with E-state index in [4.69, 9.17) is 10.1 Å². The van der Waals surface area contributed by atoms with Crippen LogP contribution in [0.25, 0.3) is 5.82 Å². The molecule has 3 aliphatic rings. The van der Waals surface area contributed by atoms with Gasteiger partial charge in [0.05, 0.1) is 24.5 Å². The minimum absolute atomic E-state index is 0.0102. The molecule has 1 spiro atoms. The number of nitrogens with zero attached hydrogens (tertiary/aromatic N) is 8. The average Bonchev–Trinajstić information content (AvgIpc) is 3.74. The van der Waals surface area contributed by atoms with Crippen molar-refractivity contribution in [2.24, 2.45) is 5.41 Å². The minimum atomic E-state index is -0.884. The van der Waals surface area contributed by atoms with E-state index in [1.165, 1.54) is 0 Å². The molecule has 0 aromatic carbocycles. The fourth-order valence-corrected chi connectivity index (χ4v) is 6.63. The summed E-state index contributed by atoms with van der Waals surface area (Å²) < 4.78 is 9.80. The Morgan fingerprint density at radius 1 is 1.22 bits per heavy atom. The average molecular weight is 560 g/mol. The molecule has 1 saturated carbocycles. The molecule has 1 aliphatic heterocycles. The molecule has 4 heterocycles. The van der Waals surface area contributed by atoms with E-state index in [0.29, 0.717) is 55.2 Å². The molecule has 0 amide bonds. The fraction of sp³-hybridized carbons (Fsp3) is 0.552. The molecule has 3 aromatic heterocycles. The summed E-state index contributed by atoms with van der Waals surface area (Å²) in [6, 6.07) is 1.96. The molecule has 12 nitrogen and oxygen atoms in total. The summed E-state index contributed by atoms with van der Waals surface area (Å²) in [4.78, 5) is 28.7. The first-order valence-corrected chi connectivity index (χ1v) is 14.5. The van der Waals surface area contributed by atoms with Crippen molar-refractivity contribution in [2.75, 3.05) is 13.6 Å². The molecule has 3 atom stereocenters. The Kier molecular flexibility index (Phi) is 7.41. The van der Waals surface area contributed by atoms with Gasteiger partial charge in [-0.15, -0.1) is 5.10 Å². The van der Waals surface area contributed by atoms with E-state index < -0.39 is 5.41 Å². The van der Waals surface area contributed by atoms with Gasteiger partial charge in [-0.1, -0.05) is 11.6 Å². The second-order valence-electron chi connectivity index (χ2n) is 11.6. The van der Waals surface area contributed by atoms with E-state index in [-0.39, 0.29) is 35.2 Å². The number of allylic oxidation sites excluding steroid dienone is 2. The van der Waals surface area contributed by atoms with E-state index in [1.807, 2.05) is 17.7 Å². The van der Waals surface area contributed by atoms with E-state index in [2.05, 4.69) is 37.2 Å². The van der Waals surface area contributed by atoms with Crippen molar-refractivity contribution in [1.29, 1.82) is 5.41 Å². The fourth-order valence-electron chi connectivity index (χ4n) is 6.63. The van der Waals surface area contributed by atoms with Crippen LogP contribution < -0.4 is 4.74 Å². The summed E-state index contributed by atoms with van der Waals surface area (Å²) in [6.07, 6.45) is 13.7. The summed E-state index contributed by atoms with van der Waals surface area (Å²) >= 11 is 0. The normalized spacial score (nSPS) is 24.2. The van der Waals surface area contributed by atoms with Gasteiger partial charge >= 0.3 is 0 Å². The minimum Gasteiger partial charge on any atom is -0.511 e. The molecular formula is C29H37N9O3. The number of Topliss-reactive ketones (excluding diaryl/α,β-unsaturated/α-hetero) is 1. The summed E-state index contributed by atoms with van der Waals surface area (Å²) in [7, 11) is 2.10. The maximum atomic E-state index is 13.0. The molecule has 216 valence electrons. The van der Waals surface area contributed by atoms with Crippen LogP contribution in [0.15, 0.2) is 42.3 Å². The number of nitrogens with one attached hydrogen (secondary N) is 1. The highest BCUT2D eigenvalue weighted by Crippen LogP contribution is 2.48. The lowest BCUT2D eigenvalue weighted by atomic mass is 9.64. The Bertz CT molecular complexity index is 1460. The number of hydrogen-bond acceptors (Lipinski definition) is 10.